The lowest BCUT2D eigenvalue weighted by atomic mass is 10.2. The van der Waals surface area contributed by atoms with E-state index >= 15 is 0 Å². The number of ether oxygens (including phenoxy) is 1. The van der Waals surface area contributed by atoms with Gasteiger partial charge in [0.05, 0.1) is 18.1 Å². The molecule has 0 aliphatic rings. The highest BCUT2D eigenvalue weighted by molar-refractivity contribution is 5.80. The van der Waals surface area contributed by atoms with Crippen LogP contribution in [0.2, 0.25) is 0 Å². The van der Waals surface area contributed by atoms with Gasteiger partial charge >= 0.3 is 0 Å². The van der Waals surface area contributed by atoms with Crippen LogP contribution in [0.15, 0.2) is 12.1 Å². The van der Waals surface area contributed by atoms with Crippen molar-refractivity contribution in [2.45, 2.75) is 32.7 Å². The first-order chi connectivity index (χ1) is 8.67. The Bertz CT molecular complexity index is 551. The molecule has 98 valence electrons. The summed E-state index contributed by atoms with van der Waals surface area (Å²) in [6, 6.07) is 3.01. The van der Waals surface area contributed by atoms with Crippen LogP contribution in [0.5, 0.6) is 5.75 Å². The van der Waals surface area contributed by atoms with Gasteiger partial charge in [0.25, 0.3) is 0 Å². The van der Waals surface area contributed by atoms with E-state index in [2.05, 4.69) is 11.9 Å². The molecule has 4 nitrogen and oxygen atoms in total. The minimum absolute atomic E-state index is 0.221. The Morgan fingerprint density at radius 1 is 1.39 bits per heavy atom. The van der Waals surface area contributed by atoms with Crippen LogP contribution in [0, 0.1) is 5.82 Å². The Kier molecular flexibility index (Phi) is 3.69. The van der Waals surface area contributed by atoms with Crippen molar-refractivity contribution in [1.29, 1.82) is 0 Å². The zero-order valence-electron chi connectivity index (χ0n) is 10.7. The lowest BCUT2D eigenvalue weighted by Gasteiger charge is -2.07. The number of fused-ring (bicyclic) bond motifs is 1. The van der Waals surface area contributed by atoms with E-state index in [0.29, 0.717) is 11.5 Å². The number of hydrogen-bond acceptors (Lipinski definition) is 3. The molecule has 2 aromatic rings. The Balaban J connectivity index is 2.41. The normalized spacial score (nSPS) is 11.1. The number of anilines is 1. The Morgan fingerprint density at radius 2 is 2.17 bits per heavy atom. The standard InChI is InChI=1S/C13H18FN3O/c1-3-4-5-6-17-11-8-12(18-2)9(14)7-10(11)16-13(17)15/h7-8H,3-6H2,1-2H3,(H2,15,16). The first-order valence-corrected chi connectivity index (χ1v) is 6.16. The molecule has 0 amide bonds. The topological polar surface area (TPSA) is 53.1 Å². The van der Waals surface area contributed by atoms with Gasteiger partial charge in [-0.1, -0.05) is 19.8 Å². The third-order valence-electron chi connectivity index (χ3n) is 3.04. The summed E-state index contributed by atoms with van der Waals surface area (Å²) in [5.41, 5.74) is 7.26. The molecule has 18 heavy (non-hydrogen) atoms. The van der Waals surface area contributed by atoms with E-state index in [9.17, 15) is 4.39 Å². The minimum Gasteiger partial charge on any atom is -0.494 e. The Labute approximate surface area is 106 Å². The summed E-state index contributed by atoms with van der Waals surface area (Å²) in [7, 11) is 1.45. The monoisotopic (exact) mass is 251 g/mol. The molecule has 0 aliphatic heterocycles. The predicted octanol–water partition coefficient (Wildman–Crippen LogP) is 2.96. The van der Waals surface area contributed by atoms with Gasteiger partial charge in [-0.25, -0.2) is 9.37 Å². The van der Waals surface area contributed by atoms with E-state index in [4.69, 9.17) is 10.5 Å². The highest BCUT2D eigenvalue weighted by Gasteiger charge is 2.12. The molecule has 1 aromatic carbocycles. The number of methoxy groups -OCH3 is 1. The van der Waals surface area contributed by atoms with Crippen LogP contribution in [-0.4, -0.2) is 16.7 Å². The number of imidazole rings is 1. The molecular weight excluding hydrogens is 233 g/mol. The fourth-order valence-corrected chi connectivity index (χ4v) is 2.06. The summed E-state index contributed by atoms with van der Waals surface area (Å²) >= 11 is 0. The number of halogens is 1. The first kappa shape index (κ1) is 12.7. The van der Waals surface area contributed by atoms with E-state index < -0.39 is 5.82 Å². The maximum Gasteiger partial charge on any atom is 0.201 e. The van der Waals surface area contributed by atoms with Crippen LogP contribution in [0.25, 0.3) is 11.0 Å². The van der Waals surface area contributed by atoms with Gasteiger partial charge in [0.15, 0.2) is 11.6 Å². The average molecular weight is 251 g/mol. The van der Waals surface area contributed by atoms with Gasteiger partial charge in [-0.15, -0.1) is 0 Å². The molecule has 0 bridgehead atoms. The molecule has 0 unspecified atom stereocenters. The average Bonchev–Trinajstić information content (AvgIpc) is 2.64. The maximum atomic E-state index is 13.6. The van der Waals surface area contributed by atoms with Gasteiger partial charge in [-0.2, -0.15) is 0 Å². The van der Waals surface area contributed by atoms with Gasteiger partial charge in [0, 0.05) is 18.7 Å². The minimum atomic E-state index is -0.414. The van der Waals surface area contributed by atoms with Gasteiger partial charge in [-0.05, 0) is 6.42 Å². The predicted molar refractivity (Wildman–Crippen MR) is 70.2 cm³/mol. The van der Waals surface area contributed by atoms with Crippen molar-refractivity contribution < 1.29 is 9.13 Å². The van der Waals surface area contributed by atoms with Crippen molar-refractivity contribution in [3.8, 4) is 5.75 Å². The molecule has 1 aromatic heterocycles. The molecule has 1 heterocycles. The van der Waals surface area contributed by atoms with Gasteiger partial charge in [-0.3, -0.25) is 0 Å². The van der Waals surface area contributed by atoms with Crippen LogP contribution in [0.1, 0.15) is 26.2 Å². The van der Waals surface area contributed by atoms with E-state index in [-0.39, 0.29) is 5.75 Å². The second-order valence-corrected chi connectivity index (χ2v) is 4.30. The zero-order valence-corrected chi connectivity index (χ0v) is 10.7. The largest absolute Gasteiger partial charge is 0.494 e. The third-order valence-corrected chi connectivity index (χ3v) is 3.04. The number of rotatable bonds is 5. The van der Waals surface area contributed by atoms with Crippen molar-refractivity contribution in [2.24, 2.45) is 0 Å². The number of nitrogen functional groups attached to an aromatic ring is 1. The molecular formula is C13H18FN3O. The molecule has 0 aliphatic carbocycles. The van der Waals surface area contributed by atoms with Crippen molar-refractivity contribution in [1.82, 2.24) is 9.55 Å². The molecule has 0 saturated carbocycles. The molecule has 0 fully saturated rings. The molecule has 5 heteroatoms. The number of nitrogens with zero attached hydrogens (tertiary/aromatic N) is 2. The molecule has 2 rings (SSSR count). The molecule has 2 N–H and O–H groups in total. The van der Waals surface area contributed by atoms with Crippen LogP contribution in [-0.2, 0) is 6.54 Å². The number of unbranched alkanes of at least 4 members (excludes halogenated alkanes) is 2. The van der Waals surface area contributed by atoms with Crippen LogP contribution < -0.4 is 10.5 Å². The highest BCUT2D eigenvalue weighted by Crippen LogP contribution is 2.26. The molecule has 0 radical (unpaired) electrons. The summed E-state index contributed by atoms with van der Waals surface area (Å²) in [5.74, 6) is 0.233. The Hall–Kier alpha value is -1.78. The van der Waals surface area contributed by atoms with E-state index in [1.165, 1.54) is 13.2 Å². The lowest BCUT2D eigenvalue weighted by molar-refractivity contribution is 0.387. The summed E-state index contributed by atoms with van der Waals surface area (Å²) in [6.07, 6.45) is 3.31. The second kappa shape index (κ2) is 5.25. The maximum absolute atomic E-state index is 13.6. The van der Waals surface area contributed by atoms with Gasteiger partial charge in [0.1, 0.15) is 0 Å². The van der Waals surface area contributed by atoms with Crippen LogP contribution in [0.3, 0.4) is 0 Å². The number of aryl methyl sites for hydroxylation is 1. The lowest BCUT2D eigenvalue weighted by Crippen LogP contribution is -2.03. The summed E-state index contributed by atoms with van der Waals surface area (Å²) in [5, 5.41) is 0. The fraction of sp³-hybridized carbons (Fsp3) is 0.462. The third kappa shape index (κ3) is 2.25. The zero-order chi connectivity index (χ0) is 13.1. The van der Waals surface area contributed by atoms with Gasteiger partial charge in [0.2, 0.25) is 5.95 Å². The number of nitrogens with two attached hydrogens (primary N) is 1. The Morgan fingerprint density at radius 3 is 2.83 bits per heavy atom. The smallest absolute Gasteiger partial charge is 0.201 e. The van der Waals surface area contributed by atoms with Crippen molar-refractivity contribution in [3.63, 3.8) is 0 Å². The van der Waals surface area contributed by atoms with Crippen molar-refractivity contribution >= 4 is 17.0 Å². The van der Waals surface area contributed by atoms with E-state index in [0.717, 1.165) is 31.3 Å². The van der Waals surface area contributed by atoms with Crippen LogP contribution >= 0.6 is 0 Å². The number of benzene rings is 1. The van der Waals surface area contributed by atoms with E-state index in [1.807, 2.05) is 4.57 Å². The number of hydrogen-bond donors (Lipinski definition) is 1. The fourth-order valence-electron chi connectivity index (χ4n) is 2.06. The molecule has 0 spiro atoms. The van der Waals surface area contributed by atoms with Crippen molar-refractivity contribution in [2.75, 3.05) is 12.8 Å². The van der Waals surface area contributed by atoms with Gasteiger partial charge < -0.3 is 15.0 Å². The quantitative estimate of drug-likeness (QED) is 0.831. The summed E-state index contributed by atoms with van der Waals surface area (Å²) < 4.78 is 20.4. The summed E-state index contributed by atoms with van der Waals surface area (Å²) in [6.45, 7) is 2.94. The summed E-state index contributed by atoms with van der Waals surface area (Å²) in [4.78, 5) is 4.17. The second-order valence-electron chi connectivity index (χ2n) is 4.30. The van der Waals surface area contributed by atoms with E-state index in [1.54, 1.807) is 6.07 Å². The SMILES string of the molecule is CCCCCn1c(N)nc2cc(F)c(OC)cc21. The molecule has 0 saturated heterocycles. The van der Waals surface area contributed by atoms with Crippen molar-refractivity contribution in [3.05, 3.63) is 17.9 Å². The highest BCUT2D eigenvalue weighted by atomic mass is 19.1. The number of aromatic nitrogens is 2. The van der Waals surface area contributed by atoms with Crippen LogP contribution in [0.4, 0.5) is 10.3 Å². The molecule has 0 atom stereocenters. The first-order valence-electron chi connectivity index (χ1n) is 6.16.